The Morgan fingerprint density at radius 1 is 1.35 bits per heavy atom. The van der Waals surface area contributed by atoms with Crippen molar-refractivity contribution in [1.29, 1.82) is 0 Å². The molecule has 0 unspecified atom stereocenters. The minimum atomic E-state index is -0.230. The van der Waals surface area contributed by atoms with Gasteiger partial charge in [0.1, 0.15) is 5.56 Å². The normalized spacial score (nSPS) is 10.8. The van der Waals surface area contributed by atoms with Crippen LogP contribution in [0.3, 0.4) is 0 Å². The number of hydrogen-bond acceptors (Lipinski definition) is 3. The molecule has 0 aliphatic rings. The second-order valence-corrected chi connectivity index (χ2v) is 6.05. The second kappa shape index (κ2) is 6.81. The Balaban J connectivity index is 2.01. The molecule has 2 rings (SSSR count). The van der Waals surface area contributed by atoms with Crippen LogP contribution in [0.25, 0.3) is 0 Å². The van der Waals surface area contributed by atoms with E-state index in [0.29, 0.717) is 6.54 Å². The molecule has 0 saturated carbocycles. The Kier molecular flexibility index (Phi) is 5.03. The molecule has 0 radical (unpaired) electrons. The van der Waals surface area contributed by atoms with E-state index in [4.69, 9.17) is 0 Å². The highest BCUT2D eigenvalue weighted by molar-refractivity contribution is 5.93. The largest absolute Gasteiger partial charge is 0.354 e. The third-order valence-electron chi connectivity index (χ3n) is 4.26. The summed E-state index contributed by atoms with van der Waals surface area (Å²) >= 11 is 0. The summed E-state index contributed by atoms with van der Waals surface area (Å²) in [5, 5.41) is 7.14. The summed E-state index contributed by atoms with van der Waals surface area (Å²) in [4.78, 5) is 26.1. The van der Waals surface area contributed by atoms with Gasteiger partial charge >= 0.3 is 0 Å². The number of H-pyrrole nitrogens is 1. The molecular weight excluding hydrogens is 292 g/mol. The smallest absolute Gasteiger partial charge is 0.259 e. The molecule has 0 bridgehead atoms. The number of carbonyl (C=O) groups is 1. The van der Waals surface area contributed by atoms with E-state index in [1.165, 1.54) is 11.6 Å². The summed E-state index contributed by atoms with van der Waals surface area (Å²) in [5.74, 6) is -0.230. The first-order valence-electron chi connectivity index (χ1n) is 7.74. The van der Waals surface area contributed by atoms with Crippen molar-refractivity contribution in [1.82, 2.24) is 19.7 Å². The minimum absolute atomic E-state index is 0.219. The fourth-order valence-electron chi connectivity index (χ4n) is 2.63. The fourth-order valence-corrected chi connectivity index (χ4v) is 2.63. The number of nitrogens with one attached hydrogen (secondary N) is 1. The van der Waals surface area contributed by atoms with Gasteiger partial charge in [-0.15, -0.1) is 0 Å². The number of nitrogens with zero attached hydrogens (tertiary/aromatic N) is 3. The maximum atomic E-state index is 12.4. The van der Waals surface area contributed by atoms with Crippen LogP contribution in [0.15, 0.2) is 17.1 Å². The number of pyridine rings is 1. The average Bonchev–Trinajstić information content (AvgIpc) is 2.81. The predicted molar refractivity (Wildman–Crippen MR) is 89.8 cm³/mol. The molecule has 0 aromatic carbocycles. The Morgan fingerprint density at radius 2 is 2.04 bits per heavy atom. The van der Waals surface area contributed by atoms with Gasteiger partial charge in [0, 0.05) is 44.3 Å². The standard InChI is InChI=1S/C17H24N4O2/c1-11-9-16(22)15(10-21(11)5)17(23)20(4)8-6-7-14-12(2)18-19-13(14)3/h9-10H,6-8H2,1-5H3,(H,18,19). The molecule has 0 aliphatic carbocycles. The number of hydrogen-bond donors (Lipinski definition) is 1. The van der Waals surface area contributed by atoms with Crippen LogP contribution in [-0.4, -0.2) is 39.2 Å². The van der Waals surface area contributed by atoms with Gasteiger partial charge in [-0.05, 0) is 39.2 Å². The third kappa shape index (κ3) is 3.70. The number of rotatable bonds is 5. The summed E-state index contributed by atoms with van der Waals surface area (Å²) in [7, 11) is 3.56. The van der Waals surface area contributed by atoms with E-state index in [1.54, 1.807) is 22.7 Å². The number of amides is 1. The van der Waals surface area contributed by atoms with E-state index in [9.17, 15) is 9.59 Å². The summed E-state index contributed by atoms with van der Waals surface area (Å²) in [6.45, 7) is 6.42. The summed E-state index contributed by atoms with van der Waals surface area (Å²) < 4.78 is 1.79. The first-order valence-corrected chi connectivity index (χ1v) is 7.74. The lowest BCUT2D eigenvalue weighted by molar-refractivity contribution is 0.0791. The maximum absolute atomic E-state index is 12.4. The van der Waals surface area contributed by atoms with E-state index in [-0.39, 0.29) is 16.9 Å². The molecule has 0 spiro atoms. The highest BCUT2D eigenvalue weighted by Gasteiger charge is 2.16. The Morgan fingerprint density at radius 3 is 2.65 bits per heavy atom. The van der Waals surface area contributed by atoms with Gasteiger partial charge in [0.2, 0.25) is 0 Å². The van der Waals surface area contributed by atoms with Crippen molar-refractivity contribution in [2.75, 3.05) is 13.6 Å². The number of aromatic amines is 1. The molecule has 0 fully saturated rings. The molecule has 0 atom stereocenters. The van der Waals surface area contributed by atoms with Crippen LogP contribution >= 0.6 is 0 Å². The van der Waals surface area contributed by atoms with Crippen LogP contribution in [0.1, 0.15) is 39.4 Å². The highest BCUT2D eigenvalue weighted by atomic mass is 16.2. The molecule has 0 saturated heterocycles. The summed E-state index contributed by atoms with van der Waals surface area (Å²) in [5.41, 5.74) is 4.11. The molecular formula is C17H24N4O2. The van der Waals surface area contributed by atoms with Crippen LogP contribution in [0.5, 0.6) is 0 Å². The first-order chi connectivity index (χ1) is 10.8. The number of carbonyl (C=O) groups excluding carboxylic acids is 1. The van der Waals surface area contributed by atoms with Crippen LogP contribution < -0.4 is 5.43 Å². The Bertz CT molecular complexity index is 754. The van der Waals surface area contributed by atoms with E-state index < -0.39 is 0 Å². The first kappa shape index (κ1) is 17.0. The van der Waals surface area contributed by atoms with E-state index in [2.05, 4.69) is 10.2 Å². The Hall–Kier alpha value is -2.37. The van der Waals surface area contributed by atoms with E-state index in [0.717, 1.165) is 29.9 Å². The zero-order valence-corrected chi connectivity index (χ0v) is 14.4. The SMILES string of the molecule is Cc1n[nH]c(C)c1CCCN(C)C(=O)c1cn(C)c(C)cc1=O. The number of aromatic nitrogens is 3. The molecule has 2 aromatic rings. The lowest BCUT2D eigenvalue weighted by atomic mass is 10.1. The van der Waals surface area contributed by atoms with Gasteiger partial charge in [-0.1, -0.05) is 0 Å². The van der Waals surface area contributed by atoms with Crippen molar-refractivity contribution >= 4 is 5.91 Å². The third-order valence-corrected chi connectivity index (χ3v) is 4.26. The van der Waals surface area contributed by atoms with Crippen molar-refractivity contribution in [3.63, 3.8) is 0 Å². The zero-order chi connectivity index (χ0) is 17.1. The minimum Gasteiger partial charge on any atom is -0.354 e. The molecule has 2 heterocycles. The number of aryl methyl sites for hydroxylation is 4. The zero-order valence-electron chi connectivity index (χ0n) is 14.4. The molecule has 1 N–H and O–H groups in total. The van der Waals surface area contributed by atoms with Gasteiger partial charge in [-0.3, -0.25) is 14.7 Å². The molecule has 6 nitrogen and oxygen atoms in total. The topological polar surface area (TPSA) is 71.0 Å². The summed E-state index contributed by atoms with van der Waals surface area (Å²) in [6, 6.07) is 1.50. The van der Waals surface area contributed by atoms with Crippen molar-refractivity contribution < 1.29 is 4.79 Å². The van der Waals surface area contributed by atoms with Crippen molar-refractivity contribution in [3.8, 4) is 0 Å². The molecule has 1 amide bonds. The van der Waals surface area contributed by atoms with Gasteiger partial charge in [-0.25, -0.2) is 0 Å². The predicted octanol–water partition coefficient (Wildman–Crippen LogP) is 1.74. The highest BCUT2D eigenvalue weighted by Crippen LogP contribution is 2.12. The van der Waals surface area contributed by atoms with Gasteiger partial charge in [0.15, 0.2) is 5.43 Å². The summed E-state index contributed by atoms with van der Waals surface area (Å²) in [6.07, 6.45) is 3.30. The molecule has 124 valence electrons. The van der Waals surface area contributed by atoms with E-state index >= 15 is 0 Å². The lowest BCUT2D eigenvalue weighted by Gasteiger charge is -2.17. The molecule has 0 aliphatic heterocycles. The van der Waals surface area contributed by atoms with Crippen molar-refractivity contribution in [2.45, 2.75) is 33.6 Å². The quantitative estimate of drug-likeness (QED) is 0.913. The van der Waals surface area contributed by atoms with Crippen molar-refractivity contribution in [2.24, 2.45) is 7.05 Å². The average molecular weight is 316 g/mol. The monoisotopic (exact) mass is 316 g/mol. The van der Waals surface area contributed by atoms with Gasteiger partial charge in [0.05, 0.1) is 5.69 Å². The van der Waals surface area contributed by atoms with Gasteiger partial charge in [0.25, 0.3) is 5.91 Å². The van der Waals surface area contributed by atoms with Crippen LogP contribution in [-0.2, 0) is 13.5 Å². The van der Waals surface area contributed by atoms with Crippen LogP contribution in [0.4, 0.5) is 0 Å². The van der Waals surface area contributed by atoms with Crippen molar-refractivity contribution in [3.05, 3.63) is 50.7 Å². The van der Waals surface area contributed by atoms with Gasteiger partial charge in [-0.2, -0.15) is 5.10 Å². The Labute approximate surface area is 136 Å². The lowest BCUT2D eigenvalue weighted by Crippen LogP contribution is -2.32. The molecule has 2 aromatic heterocycles. The maximum Gasteiger partial charge on any atom is 0.259 e. The molecule has 23 heavy (non-hydrogen) atoms. The molecule has 6 heteroatoms. The fraction of sp³-hybridized carbons (Fsp3) is 0.471. The van der Waals surface area contributed by atoms with Gasteiger partial charge < -0.3 is 9.47 Å². The van der Waals surface area contributed by atoms with E-state index in [1.807, 2.05) is 27.8 Å². The van der Waals surface area contributed by atoms with Crippen LogP contribution in [0, 0.1) is 20.8 Å². The second-order valence-electron chi connectivity index (χ2n) is 6.05. The van der Waals surface area contributed by atoms with Crippen LogP contribution in [0.2, 0.25) is 0 Å².